The minimum Gasteiger partial charge on any atom is -0.462 e. The Kier molecular flexibility index (Phi) is 39.2. The van der Waals surface area contributed by atoms with E-state index in [0.29, 0.717) is 12.8 Å². The van der Waals surface area contributed by atoms with Gasteiger partial charge in [0.05, 0.1) is 19.8 Å². The van der Waals surface area contributed by atoms with Crippen LogP contribution in [0.15, 0.2) is 85.1 Å². The van der Waals surface area contributed by atoms with Gasteiger partial charge in [-0.25, -0.2) is 4.57 Å². The molecule has 3 atom stereocenters. The van der Waals surface area contributed by atoms with Gasteiger partial charge in [-0.05, 0) is 89.9 Å². The molecule has 326 valence electrons. The Labute approximate surface area is 345 Å². The molecule has 0 aliphatic heterocycles. The highest BCUT2D eigenvalue weighted by Crippen LogP contribution is 2.43. The van der Waals surface area contributed by atoms with Gasteiger partial charge in [-0.2, -0.15) is 0 Å². The van der Waals surface area contributed by atoms with Crippen LogP contribution in [0.3, 0.4) is 0 Å². The molecule has 0 radical (unpaired) electrons. The van der Waals surface area contributed by atoms with Crippen LogP contribution < -0.4 is 0 Å². The number of unbranched alkanes of at least 4 members (excludes halogenated alkanes) is 11. The molecule has 57 heavy (non-hydrogen) atoms. The Morgan fingerprint density at radius 2 is 0.947 bits per heavy atom. The molecule has 3 N–H and O–H groups in total. The van der Waals surface area contributed by atoms with E-state index in [0.717, 1.165) is 83.5 Å². The largest absolute Gasteiger partial charge is 0.472 e. The quantitative estimate of drug-likeness (QED) is 0.0237. The number of allylic oxidation sites excluding steroid dienone is 14. The van der Waals surface area contributed by atoms with Crippen LogP contribution in [0.1, 0.15) is 155 Å². The first-order valence-electron chi connectivity index (χ1n) is 21.5. The number of esters is 2. The molecule has 0 saturated carbocycles. The smallest absolute Gasteiger partial charge is 0.462 e. The zero-order valence-corrected chi connectivity index (χ0v) is 36.2. The minimum atomic E-state index is -4.64. The van der Waals surface area contributed by atoms with Gasteiger partial charge >= 0.3 is 19.8 Å². The van der Waals surface area contributed by atoms with Crippen molar-refractivity contribution in [2.45, 2.75) is 167 Å². The third-order valence-electron chi connectivity index (χ3n) is 8.50. The Morgan fingerprint density at radius 1 is 0.526 bits per heavy atom. The lowest BCUT2D eigenvalue weighted by molar-refractivity contribution is -0.161. The van der Waals surface area contributed by atoms with Crippen LogP contribution in [-0.4, -0.2) is 65.7 Å². The van der Waals surface area contributed by atoms with E-state index in [-0.39, 0.29) is 19.4 Å². The number of aliphatic hydroxyl groups is 2. The first-order chi connectivity index (χ1) is 27.7. The Balaban J connectivity index is 4.43. The van der Waals surface area contributed by atoms with Crippen molar-refractivity contribution in [2.24, 2.45) is 0 Å². The molecule has 0 aromatic carbocycles. The Hall–Kier alpha value is -2.85. The SMILES string of the molecule is CCC/C=C/C/C=C/C/C=C/C/C=C/CCCCCC(=O)O[C@H](COC(=O)CCCCCC/C=C/C/C=C/C/C=C/CCCCC)COP(=O)(O)OC[C@@H](O)CO. The van der Waals surface area contributed by atoms with E-state index >= 15 is 0 Å². The van der Waals surface area contributed by atoms with E-state index in [1.165, 1.54) is 32.1 Å². The summed E-state index contributed by atoms with van der Waals surface area (Å²) in [6.45, 7) is 2.20. The summed E-state index contributed by atoms with van der Waals surface area (Å²) in [5, 5.41) is 18.3. The standard InChI is InChI=1S/C46H77O10P/c1-3-5-7-9-11-13-15-17-19-21-23-25-27-29-31-33-35-37-45(49)53-41-44(42-55-57(51,52)54-40-43(48)39-47)56-46(50)38-36-34-32-30-28-26-24-22-20-18-16-14-12-10-8-6-4-2/h8,10-11,13-14,16-17,19-20,22-23,25-26,28,43-44,47-48H,3-7,9,12,15,18,21,24,27,29-42H2,1-2H3,(H,51,52)/b10-8+,13-11+,16-14+,19-17+,22-20+,25-23+,28-26+/t43-,44+/m0/s1. The fraction of sp³-hybridized carbons (Fsp3) is 0.652. The molecule has 0 rings (SSSR count). The second-order valence-corrected chi connectivity index (χ2v) is 15.5. The molecule has 11 heteroatoms. The topological polar surface area (TPSA) is 149 Å². The molecule has 1 unspecified atom stereocenters. The number of carbonyl (C=O) groups is 2. The normalized spacial score (nSPS) is 14.7. The number of phosphoric ester groups is 1. The molecule has 0 aliphatic rings. The number of carbonyl (C=O) groups excluding carboxylic acids is 2. The van der Waals surface area contributed by atoms with E-state index < -0.39 is 51.8 Å². The lowest BCUT2D eigenvalue weighted by Crippen LogP contribution is -2.29. The van der Waals surface area contributed by atoms with Crippen molar-refractivity contribution in [3.05, 3.63) is 85.1 Å². The van der Waals surface area contributed by atoms with Crippen LogP contribution in [0.5, 0.6) is 0 Å². The van der Waals surface area contributed by atoms with Crippen LogP contribution in [0, 0.1) is 0 Å². The molecule has 0 bridgehead atoms. The number of hydrogen-bond acceptors (Lipinski definition) is 9. The Morgan fingerprint density at radius 3 is 1.44 bits per heavy atom. The van der Waals surface area contributed by atoms with Gasteiger partial charge < -0.3 is 24.6 Å². The number of hydrogen-bond donors (Lipinski definition) is 3. The molecular formula is C46H77O10P. The van der Waals surface area contributed by atoms with Crippen molar-refractivity contribution < 1.29 is 47.8 Å². The van der Waals surface area contributed by atoms with Crippen molar-refractivity contribution in [3.8, 4) is 0 Å². The number of rotatable bonds is 39. The van der Waals surface area contributed by atoms with Gasteiger partial charge in [0.2, 0.25) is 0 Å². The molecule has 0 heterocycles. The fourth-order valence-electron chi connectivity index (χ4n) is 5.17. The molecule has 0 spiro atoms. The predicted octanol–water partition coefficient (Wildman–Crippen LogP) is 11.4. The highest BCUT2D eigenvalue weighted by molar-refractivity contribution is 7.47. The van der Waals surface area contributed by atoms with E-state index in [1.54, 1.807) is 0 Å². The maximum Gasteiger partial charge on any atom is 0.472 e. The van der Waals surface area contributed by atoms with Crippen molar-refractivity contribution in [1.29, 1.82) is 0 Å². The summed E-state index contributed by atoms with van der Waals surface area (Å²) in [5.74, 6) is -0.995. The molecular weight excluding hydrogens is 743 g/mol. The molecule has 0 aliphatic carbocycles. The molecule has 0 aromatic heterocycles. The molecule has 0 fully saturated rings. The van der Waals surface area contributed by atoms with Gasteiger partial charge in [-0.1, -0.05) is 137 Å². The fourth-order valence-corrected chi connectivity index (χ4v) is 5.95. The highest BCUT2D eigenvalue weighted by atomic mass is 31.2. The Bertz CT molecular complexity index is 1220. The molecule has 0 saturated heterocycles. The average Bonchev–Trinajstić information content (AvgIpc) is 3.20. The van der Waals surface area contributed by atoms with Crippen LogP contribution in [0.4, 0.5) is 0 Å². The molecule has 0 aromatic rings. The first-order valence-corrected chi connectivity index (χ1v) is 23.0. The van der Waals surface area contributed by atoms with E-state index in [1.807, 2.05) is 0 Å². The second kappa shape index (κ2) is 41.3. The van der Waals surface area contributed by atoms with E-state index in [9.17, 15) is 24.2 Å². The third kappa shape index (κ3) is 41.1. The van der Waals surface area contributed by atoms with Gasteiger partial charge in [0.1, 0.15) is 12.7 Å². The van der Waals surface area contributed by atoms with Crippen molar-refractivity contribution >= 4 is 19.8 Å². The average molecular weight is 821 g/mol. The van der Waals surface area contributed by atoms with Crippen molar-refractivity contribution in [3.63, 3.8) is 0 Å². The summed E-state index contributed by atoms with van der Waals surface area (Å²) in [6.07, 6.45) is 48.3. The van der Waals surface area contributed by atoms with Crippen LogP contribution >= 0.6 is 7.82 Å². The van der Waals surface area contributed by atoms with Crippen LogP contribution in [-0.2, 0) is 32.7 Å². The van der Waals surface area contributed by atoms with Gasteiger partial charge in [-0.15, -0.1) is 0 Å². The lowest BCUT2D eigenvalue weighted by Gasteiger charge is -2.20. The molecule has 0 amide bonds. The van der Waals surface area contributed by atoms with Crippen LogP contribution in [0.25, 0.3) is 0 Å². The minimum absolute atomic E-state index is 0.136. The zero-order chi connectivity index (χ0) is 41.9. The predicted molar refractivity (Wildman–Crippen MR) is 233 cm³/mol. The monoisotopic (exact) mass is 821 g/mol. The first kappa shape index (κ1) is 54.2. The number of aliphatic hydroxyl groups excluding tert-OH is 2. The lowest BCUT2D eigenvalue weighted by atomic mass is 10.1. The van der Waals surface area contributed by atoms with Gasteiger partial charge in [0, 0.05) is 12.8 Å². The maximum absolute atomic E-state index is 12.6. The van der Waals surface area contributed by atoms with Gasteiger partial charge in [0.25, 0.3) is 0 Å². The zero-order valence-electron chi connectivity index (χ0n) is 35.3. The van der Waals surface area contributed by atoms with Crippen LogP contribution in [0.2, 0.25) is 0 Å². The summed E-state index contributed by atoms with van der Waals surface area (Å²) in [4.78, 5) is 35.0. The van der Waals surface area contributed by atoms with E-state index in [2.05, 4.69) is 103 Å². The maximum atomic E-state index is 12.6. The highest BCUT2D eigenvalue weighted by Gasteiger charge is 2.27. The summed E-state index contributed by atoms with van der Waals surface area (Å²) < 4.78 is 32.7. The number of ether oxygens (including phenoxy) is 2. The van der Waals surface area contributed by atoms with Gasteiger partial charge in [0.15, 0.2) is 6.10 Å². The summed E-state index contributed by atoms with van der Waals surface area (Å²) in [7, 11) is -4.64. The summed E-state index contributed by atoms with van der Waals surface area (Å²) in [5.41, 5.74) is 0. The van der Waals surface area contributed by atoms with E-state index in [4.69, 9.17) is 19.1 Å². The summed E-state index contributed by atoms with van der Waals surface area (Å²) >= 11 is 0. The molecule has 10 nitrogen and oxygen atoms in total. The summed E-state index contributed by atoms with van der Waals surface area (Å²) in [6, 6.07) is 0. The third-order valence-corrected chi connectivity index (χ3v) is 9.45. The van der Waals surface area contributed by atoms with Crippen molar-refractivity contribution in [1.82, 2.24) is 0 Å². The van der Waals surface area contributed by atoms with Crippen molar-refractivity contribution in [2.75, 3.05) is 26.4 Å². The number of phosphoric acid groups is 1. The second-order valence-electron chi connectivity index (χ2n) is 14.0. The van der Waals surface area contributed by atoms with Gasteiger partial charge in [-0.3, -0.25) is 18.6 Å².